The fourth-order valence-electron chi connectivity index (χ4n) is 8.49. The second-order valence-electron chi connectivity index (χ2n) is 16.8. The second-order valence-corrected chi connectivity index (χ2v) is 16.8. The van der Waals surface area contributed by atoms with Crippen LogP contribution in [0.1, 0.15) is 0 Å². The van der Waals surface area contributed by atoms with Gasteiger partial charge in [-0.2, -0.15) is 0 Å². The summed E-state index contributed by atoms with van der Waals surface area (Å²) in [6.45, 7) is -4.94. The van der Waals surface area contributed by atoms with Crippen molar-refractivity contribution in [3.63, 3.8) is 0 Å². The van der Waals surface area contributed by atoms with Crippen molar-refractivity contribution < 1.29 is 159 Å². The van der Waals surface area contributed by atoms with E-state index in [1.807, 2.05) is 0 Å². The van der Waals surface area contributed by atoms with E-state index in [1.165, 1.54) is 0 Å². The number of ether oxygens (including phenoxy) is 11. The van der Waals surface area contributed by atoms with Gasteiger partial charge in [0, 0.05) is 0 Å². The van der Waals surface area contributed by atoms with Crippen molar-refractivity contribution >= 4 is 5.97 Å². The Morgan fingerprint density at radius 3 is 0.838 bits per heavy atom. The molecule has 32 nitrogen and oxygen atoms in total. The van der Waals surface area contributed by atoms with Crippen molar-refractivity contribution in [3.8, 4) is 0 Å². The quantitative estimate of drug-likeness (QED) is 0.0683. The maximum absolute atomic E-state index is 11.7. The molecular formula is C36H60O32. The summed E-state index contributed by atoms with van der Waals surface area (Å²) in [5.74, 6) is -1.78. The van der Waals surface area contributed by atoms with Crippen LogP contribution in [0.5, 0.6) is 0 Å². The van der Waals surface area contributed by atoms with Crippen LogP contribution in [0, 0.1) is 0 Å². The lowest BCUT2D eigenvalue weighted by Crippen LogP contribution is -2.68. The Morgan fingerprint density at radius 2 is 0.559 bits per heavy atom. The van der Waals surface area contributed by atoms with E-state index in [1.54, 1.807) is 0 Å². The molecule has 6 aliphatic heterocycles. The molecule has 0 aliphatic carbocycles. The minimum Gasteiger partial charge on any atom is -0.479 e. The zero-order chi connectivity index (χ0) is 50.2. The lowest BCUT2D eigenvalue weighted by atomic mass is 9.95. The highest BCUT2D eigenvalue weighted by atomic mass is 16.8. The van der Waals surface area contributed by atoms with E-state index in [-0.39, 0.29) is 0 Å². The van der Waals surface area contributed by atoms with Crippen LogP contribution in [-0.4, -0.2) is 325 Å². The zero-order valence-electron chi connectivity index (χ0n) is 35.2. The molecule has 0 aromatic heterocycles. The van der Waals surface area contributed by atoms with Gasteiger partial charge < -0.3 is 154 Å². The normalized spacial score (nSPS) is 52.7. The van der Waals surface area contributed by atoms with E-state index in [9.17, 15) is 107 Å². The van der Waals surface area contributed by atoms with Gasteiger partial charge in [-0.1, -0.05) is 0 Å². The lowest BCUT2D eigenvalue weighted by molar-refractivity contribution is -0.395. The standard InChI is InChI=1S/C36H60O32/c37-1-6-11(42)12(43)19(50)32(58-6)64-24-7(2-38)59-33(20(51)14(24)45)65-25-8(3-39)60-34(21(52)15(25)46)66-26-9(4-40)61-35(22(53)16(26)47)67-27-10(5-41)62-36(23(54)17(27)48)68-28-13(44)18(49)31(57)63-29(28)30(55)56/h6-29,31-54,57H,1-5H2,(H,55,56)/t6?,7?,8?,9?,10?,11-,12-,13+,14+,15+,16+,17+,18?,19?,20?,21?,22?,23?,24-,25+,26+,27+,28-,29?,31+,32-,33-,34-,35-,36-/m0/s1. The largest absolute Gasteiger partial charge is 0.479 e. The molecule has 6 aliphatic rings. The molecule has 0 amide bonds. The first-order valence-electron chi connectivity index (χ1n) is 21.1. The van der Waals surface area contributed by atoms with E-state index in [0.717, 1.165) is 0 Å². The minimum atomic E-state index is -2.21. The van der Waals surface area contributed by atoms with Gasteiger partial charge in [0.2, 0.25) is 0 Å². The summed E-state index contributed by atoms with van der Waals surface area (Å²) in [4.78, 5) is 11.7. The van der Waals surface area contributed by atoms with E-state index >= 15 is 0 Å². The SMILES string of the molecule is O=C(O)C1O[C@@H](O)C(O)[C@@H](O)[C@@H]1O[C@@H]1OC(CO)[C@@H](O[C@@H]2OC(CO)[C@@H](O[C@@H]3OC(CO)[C@@H](O[C@@H]4OC(CO)[C@H](O[C@@H]5OC(CO)[C@H](O)[C@H](O)C5O)[C@H](O)C4O)[C@H](O)C3O)[C@H](O)C2O)[C@H](O)C1O. The Hall–Kier alpha value is -1.73. The van der Waals surface area contributed by atoms with Gasteiger partial charge in [-0.05, 0) is 0 Å². The van der Waals surface area contributed by atoms with Crippen molar-refractivity contribution in [2.45, 2.75) is 184 Å². The maximum Gasteiger partial charge on any atom is 0.335 e. The monoisotopic (exact) mass is 1000 g/mol. The van der Waals surface area contributed by atoms with Gasteiger partial charge in [-0.3, -0.25) is 0 Å². The topological polar surface area (TPSA) is 523 Å². The first kappa shape index (κ1) is 55.6. The van der Waals surface area contributed by atoms with Crippen LogP contribution in [0.25, 0.3) is 0 Å². The number of carboxylic acid groups (broad SMARTS) is 1. The number of aliphatic hydroxyl groups is 19. The molecule has 396 valence electrons. The predicted molar refractivity (Wildman–Crippen MR) is 200 cm³/mol. The third-order valence-corrected chi connectivity index (χ3v) is 12.4. The second kappa shape index (κ2) is 23.4. The summed E-state index contributed by atoms with van der Waals surface area (Å²) in [6, 6.07) is 0. The molecule has 20 N–H and O–H groups in total. The molecule has 32 heteroatoms. The zero-order valence-corrected chi connectivity index (χ0v) is 35.2. The fraction of sp³-hybridized carbons (Fsp3) is 0.972. The first-order chi connectivity index (χ1) is 32.1. The lowest BCUT2D eigenvalue weighted by Gasteiger charge is -2.49. The number of rotatable bonds is 16. The Morgan fingerprint density at radius 1 is 0.309 bits per heavy atom. The van der Waals surface area contributed by atoms with Crippen LogP contribution >= 0.6 is 0 Å². The highest BCUT2D eigenvalue weighted by molar-refractivity contribution is 5.73. The maximum atomic E-state index is 11.7. The van der Waals surface area contributed by atoms with Crippen molar-refractivity contribution in [1.29, 1.82) is 0 Å². The molecule has 6 saturated heterocycles. The number of carboxylic acids is 1. The number of aliphatic carboxylic acids is 1. The Labute approximate surface area is 382 Å². The Bertz CT molecular complexity index is 1580. The fourth-order valence-corrected chi connectivity index (χ4v) is 8.49. The van der Waals surface area contributed by atoms with E-state index in [2.05, 4.69) is 0 Å². The molecule has 0 aromatic carbocycles. The van der Waals surface area contributed by atoms with Gasteiger partial charge in [0.15, 0.2) is 43.8 Å². The number of carbonyl (C=O) groups is 1. The molecule has 12 unspecified atom stereocenters. The van der Waals surface area contributed by atoms with Gasteiger partial charge in [0.1, 0.15) is 140 Å². The van der Waals surface area contributed by atoms with E-state index in [0.29, 0.717) is 0 Å². The van der Waals surface area contributed by atoms with Crippen molar-refractivity contribution in [1.82, 2.24) is 0 Å². The van der Waals surface area contributed by atoms with Crippen LogP contribution in [0.15, 0.2) is 0 Å². The van der Waals surface area contributed by atoms with Gasteiger partial charge in [-0.25, -0.2) is 4.79 Å². The summed E-state index contributed by atoms with van der Waals surface area (Å²) >= 11 is 0. The summed E-state index contributed by atoms with van der Waals surface area (Å²) < 4.78 is 59.9. The summed E-state index contributed by atoms with van der Waals surface area (Å²) in [5.41, 5.74) is 0. The molecular weight excluding hydrogens is 944 g/mol. The molecule has 6 heterocycles. The molecule has 0 bridgehead atoms. The van der Waals surface area contributed by atoms with Gasteiger partial charge >= 0.3 is 5.97 Å². The predicted octanol–water partition coefficient (Wildman–Crippen LogP) is -14.0. The summed E-state index contributed by atoms with van der Waals surface area (Å²) in [5, 5.41) is 209. The molecule has 6 fully saturated rings. The Balaban J connectivity index is 1.07. The smallest absolute Gasteiger partial charge is 0.335 e. The van der Waals surface area contributed by atoms with Crippen molar-refractivity contribution in [3.05, 3.63) is 0 Å². The first-order valence-corrected chi connectivity index (χ1v) is 21.1. The highest BCUT2D eigenvalue weighted by Gasteiger charge is 2.58. The van der Waals surface area contributed by atoms with Crippen LogP contribution in [0.2, 0.25) is 0 Å². The molecule has 30 atom stereocenters. The third-order valence-electron chi connectivity index (χ3n) is 12.4. The number of hydrogen-bond acceptors (Lipinski definition) is 31. The van der Waals surface area contributed by atoms with Crippen molar-refractivity contribution in [2.75, 3.05) is 33.0 Å². The van der Waals surface area contributed by atoms with Crippen molar-refractivity contribution in [2.24, 2.45) is 0 Å². The minimum absolute atomic E-state index is 0.836. The van der Waals surface area contributed by atoms with Crippen LogP contribution in [0.3, 0.4) is 0 Å². The van der Waals surface area contributed by atoms with Crippen LogP contribution in [0.4, 0.5) is 0 Å². The average molecular weight is 1000 g/mol. The molecule has 0 radical (unpaired) electrons. The van der Waals surface area contributed by atoms with E-state index < -0.39 is 223 Å². The molecule has 6 rings (SSSR count). The van der Waals surface area contributed by atoms with Crippen LogP contribution in [-0.2, 0) is 56.9 Å². The number of hydrogen-bond donors (Lipinski definition) is 20. The summed E-state index contributed by atoms with van der Waals surface area (Å²) in [6.07, 6.45) is -59.1. The molecule has 0 spiro atoms. The third kappa shape index (κ3) is 11.1. The number of aliphatic hydroxyl groups excluding tert-OH is 19. The highest BCUT2D eigenvalue weighted by Crippen LogP contribution is 2.36. The molecule has 0 aromatic rings. The molecule has 0 saturated carbocycles. The van der Waals surface area contributed by atoms with Gasteiger partial charge in [0.05, 0.1) is 33.0 Å². The van der Waals surface area contributed by atoms with Gasteiger partial charge in [-0.15, -0.1) is 0 Å². The average Bonchev–Trinajstić information content (AvgIpc) is 3.32. The summed E-state index contributed by atoms with van der Waals surface area (Å²) in [7, 11) is 0. The molecule has 68 heavy (non-hydrogen) atoms. The van der Waals surface area contributed by atoms with Crippen LogP contribution < -0.4 is 0 Å². The van der Waals surface area contributed by atoms with Gasteiger partial charge in [0.25, 0.3) is 0 Å². The Kier molecular flexibility index (Phi) is 19.2. The van der Waals surface area contributed by atoms with E-state index in [4.69, 9.17) is 52.1 Å².